The molecule has 0 spiro atoms. The maximum Gasteiger partial charge on any atom is 0.168 e. The van der Waals surface area contributed by atoms with Crippen LogP contribution in [-0.4, -0.2) is 34.6 Å². The zero-order chi connectivity index (χ0) is 19.5. The van der Waals surface area contributed by atoms with Crippen molar-refractivity contribution in [3.8, 4) is 0 Å². The summed E-state index contributed by atoms with van der Waals surface area (Å²) >= 11 is 0. The van der Waals surface area contributed by atoms with Crippen LogP contribution in [0, 0.1) is 0 Å². The van der Waals surface area contributed by atoms with Gasteiger partial charge < -0.3 is 10.8 Å². The van der Waals surface area contributed by atoms with Crippen LogP contribution in [0.1, 0.15) is 48.0 Å². The molecule has 1 aromatic carbocycles. The number of nitrogens with zero attached hydrogens (tertiary/aromatic N) is 2. The van der Waals surface area contributed by atoms with E-state index in [9.17, 15) is 9.59 Å². The summed E-state index contributed by atoms with van der Waals surface area (Å²) in [7, 11) is 0. The maximum atomic E-state index is 11.8. The fourth-order valence-electron chi connectivity index (χ4n) is 2.60. The number of hydrogen-bond acceptors (Lipinski definition) is 6. The van der Waals surface area contributed by atoms with Gasteiger partial charge in [0.25, 0.3) is 0 Å². The molecule has 0 fully saturated rings. The minimum Gasteiger partial charge on any atom is -0.392 e. The minimum atomic E-state index is 0.00506. The van der Waals surface area contributed by atoms with Crippen molar-refractivity contribution < 1.29 is 14.7 Å². The Hall–Kier alpha value is -2.70. The Morgan fingerprint density at radius 3 is 2.04 bits per heavy atom. The lowest BCUT2D eigenvalue weighted by atomic mass is 10.0. The van der Waals surface area contributed by atoms with Crippen molar-refractivity contribution in [2.45, 2.75) is 38.7 Å². The van der Waals surface area contributed by atoms with Gasteiger partial charge in [-0.2, -0.15) is 0 Å². The maximum absolute atomic E-state index is 11.8. The third-order valence-corrected chi connectivity index (χ3v) is 4.08. The molecule has 0 unspecified atom stereocenters. The highest BCUT2D eigenvalue weighted by Gasteiger charge is 2.11. The topological polar surface area (TPSA) is 105 Å². The van der Waals surface area contributed by atoms with Gasteiger partial charge in [0.2, 0.25) is 0 Å². The van der Waals surface area contributed by atoms with Crippen molar-refractivity contribution in [3.05, 3.63) is 59.9 Å². The number of aliphatic hydroxyl groups is 1. The third kappa shape index (κ3) is 7.21. The highest BCUT2D eigenvalue weighted by atomic mass is 16.3. The summed E-state index contributed by atoms with van der Waals surface area (Å²) < 4.78 is 0. The van der Waals surface area contributed by atoms with E-state index in [1.54, 1.807) is 36.7 Å². The fraction of sp³-hybridized carbons (Fsp3) is 0.333. The quantitative estimate of drug-likeness (QED) is 0.689. The second-order valence-electron chi connectivity index (χ2n) is 6.28. The zero-order valence-electron chi connectivity index (χ0n) is 15.3. The van der Waals surface area contributed by atoms with Gasteiger partial charge in [-0.3, -0.25) is 19.6 Å². The van der Waals surface area contributed by atoms with Crippen LogP contribution < -0.4 is 5.73 Å². The molecule has 2 aliphatic heterocycles. The molecule has 3 rings (SSSR count). The van der Waals surface area contributed by atoms with Crippen LogP contribution >= 0.6 is 0 Å². The number of carbonyl (C=O) groups is 2. The summed E-state index contributed by atoms with van der Waals surface area (Å²) in [5, 5.41) is 8.88. The molecule has 0 radical (unpaired) electrons. The number of allylic oxidation sites excluding steroid dienone is 2. The van der Waals surface area contributed by atoms with Gasteiger partial charge in [0.1, 0.15) is 5.78 Å². The van der Waals surface area contributed by atoms with E-state index in [4.69, 9.17) is 10.8 Å². The first-order chi connectivity index (χ1) is 13.1. The highest BCUT2D eigenvalue weighted by molar-refractivity contribution is 6.10. The van der Waals surface area contributed by atoms with Crippen molar-refractivity contribution in [3.63, 3.8) is 0 Å². The van der Waals surface area contributed by atoms with Crippen LogP contribution in [0.5, 0.6) is 0 Å². The number of nitrogens with two attached hydrogens (primary N) is 1. The first-order valence-electron chi connectivity index (χ1n) is 8.98. The predicted octanol–water partition coefficient (Wildman–Crippen LogP) is 2.76. The molecule has 0 saturated carbocycles. The number of benzene rings is 1. The van der Waals surface area contributed by atoms with E-state index >= 15 is 0 Å². The molecule has 6 heteroatoms. The van der Waals surface area contributed by atoms with Crippen molar-refractivity contribution >= 4 is 23.0 Å². The lowest BCUT2D eigenvalue weighted by Crippen LogP contribution is -2.11. The van der Waals surface area contributed by atoms with E-state index in [1.165, 1.54) is 0 Å². The molecule has 0 amide bonds. The number of carbonyl (C=O) groups excluding carboxylic acids is 2. The molecule has 2 heterocycles. The van der Waals surface area contributed by atoms with Crippen LogP contribution in [-0.2, 0) is 11.4 Å². The van der Waals surface area contributed by atoms with Crippen molar-refractivity contribution in [2.24, 2.45) is 15.7 Å². The Morgan fingerprint density at radius 2 is 1.56 bits per heavy atom. The van der Waals surface area contributed by atoms with Crippen molar-refractivity contribution in [1.82, 2.24) is 0 Å². The number of Topliss-reactive ketones (excluding diaryl/α,β-unsaturated/α-hetero) is 2. The van der Waals surface area contributed by atoms with Crippen LogP contribution in [0.25, 0.3) is 0 Å². The standard InChI is InChI=1S/C13H13NO2.C8H12N2O/c15-9-10-3-5-11(6-4-10)13(16)8-12-2-1-7-14-12;9-4-3-8(11)6-7-2-1-5-10-7/h1,3-7,15H,2,8-9H2;1,5H,2-4,6,9H2. The fourth-order valence-corrected chi connectivity index (χ4v) is 2.60. The second-order valence-corrected chi connectivity index (χ2v) is 6.28. The van der Waals surface area contributed by atoms with Crippen molar-refractivity contribution in [2.75, 3.05) is 6.54 Å². The Morgan fingerprint density at radius 1 is 0.963 bits per heavy atom. The summed E-state index contributed by atoms with van der Waals surface area (Å²) in [6, 6.07) is 7.03. The normalized spacial score (nSPS) is 14.4. The molecule has 0 aliphatic carbocycles. The summed E-state index contributed by atoms with van der Waals surface area (Å²) in [6.07, 6.45) is 10.3. The SMILES string of the molecule is NCCC(=O)CC1=NC=CC1.O=C(CC1=NC=CC1)c1ccc(CO)cc1. The van der Waals surface area contributed by atoms with Gasteiger partial charge >= 0.3 is 0 Å². The van der Waals surface area contributed by atoms with Crippen LogP contribution in [0.15, 0.2) is 58.8 Å². The molecular formula is C21H25N3O3. The van der Waals surface area contributed by atoms with Gasteiger partial charge in [-0.05, 0) is 12.1 Å². The molecule has 0 saturated heterocycles. The van der Waals surface area contributed by atoms with E-state index in [0.717, 1.165) is 29.8 Å². The lowest BCUT2D eigenvalue weighted by Gasteiger charge is -2.02. The Kier molecular flexibility index (Phi) is 8.48. The van der Waals surface area contributed by atoms with E-state index in [-0.39, 0.29) is 18.2 Å². The van der Waals surface area contributed by atoms with Gasteiger partial charge in [-0.25, -0.2) is 0 Å². The highest BCUT2D eigenvalue weighted by Crippen LogP contribution is 2.11. The van der Waals surface area contributed by atoms with Crippen LogP contribution in [0.4, 0.5) is 0 Å². The largest absolute Gasteiger partial charge is 0.392 e. The summed E-state index contributed by atoms with van der Waals surface area (Å²) in [6.45, 7) is 0.449. The number of rotatable bonds is 8. The Bertz CT molecular complexity index is 774. The van der Waals surface area contributed by atoms with Gasteiger partial charge in [0.05, 0.1) is 6.61 Å². The first-order valence-corrected chi connectivity index (χ1v) is 8.98. The zero-order valence-corrected chi connectivity index (χ0v) is 15.3. The van der Waals surface area contributed by atoms with Gasteiger partial charge in [-0.1, -0.05) is 36.4 Å². The predicted molar refractivity (Wildman–Crippen MR) is 107 cm³/mol. The monoisotopic (exact) mass is 367 g/mol. The number of aliphatic imine (C=N–C) groups is 2. The number of ketones is 2. The van der Waals surface area contributed by atoms with Crippen LogP contribution in [0.2, 0.25) is 0 Å². The second kappa shape index (κ2) is 11.1. The number of aliphatic hydroxyl groups excluding tert-OH is 1. The average molecular weight is 367 g/mol. The molecule has 1 aromatic rings. The molecule has 27 heavy (non-hydrogen) atoms. The molecule has 0 atom stereocenters. The minimum absolute atomic E-state index is 0.00506. The van der Waals surface area contributed by atoms with E-state index in [2.05, 4.69) is 9.98 Å². The van der Waals surface area contributed by atoms with Gasteiger partial charge in [0, 0.05) is 61.5 Å². The summed E-state index contributed by atoms with van der Waals surface area (Å²) in [4.78, 5) is 31.0. The van der Waals surface area contributed by atoms with Crippen molar-refractivity contribution in [1.29, 1.82) is 0 Å². The van der Waals surface area contributed by atoms with Crippen LogP contribution in [0.3, 0.4) is 0 Å². The van der Waals surface area contributed by atoms with E-state index < -0.39 is 0 Å². The average Bonchev–Trinajstić information content (AvgIpc) is 3.37. The molecular weight excluding hydrogens is 342 g/mol. The van der Waals surface area contributed by atoms with E-state index in [1.807, 2.05) is 12.2 Å². The number of hydrogen-bond donors (Lipinski definition) is 2. The molecule has 2 aliphatic rings. The molecule has 142 valence electrons. The Labute approximate surface area is 159 Å². The molecule has 3 N–H and O–H groups in total. The van der Waals surface area contributed by atoms with E-state index in [0.29, 0.717) is 31.4 Å². The Balaban J connectivity index is 0.000000208. The third-order valence-electron chi connectivity index (χ3n) is 4.08. The first kappa shape index (κ1) is 20.6. The summed E-state index contributed by atoms with van der Waals surface area (Å²) in [5.41, 5.74) is 8.59. The summed E-state index contributed by atoms with van der Waals surface area (Å²) in [5.74, 6) is 0.266. The van der Waals surface area contributed by atoms with Gasteiger partial charge in [0.15, 0.2) is 5.78 Å². The molecule has 6 nitrogen and oxygen atoms in total. The van der Waals surface area contributed by atoms with Gasteiger partial charge in [-0.15, -0.1) is 0 Å². The molecule has 0 aromatic heterocycles. The molecule has 0 bridgehead atoms. The smallest absolute Gasteiger partial charge is 0.168 e. The lowest BCUT2D eigenvalue weighted by molar-refractivity contribution is -0.117.